The van der Waals surface area contributed by atoms with Crippen LogP contribution in [-0.4, -0.2) is 58.9 Å². The van der Waals surface area contributed by atoms with Crippen molar-refractivity contribution in [3.05, 3.63) is 54.0 Å². The average molecular weight is 409 g/mol. The fourth-order valence-corrected chi connectivity index (χ4v) is 4.39. The number of likely N-dealkylation sites (tertiary alicyclic amines) is 1. The molecule has 1 aliphatic heterocycles. The minimum Gasteiger partial charge on any atom is -0.353 e. The minimum atomic E-state index is -0.256. The van der Waals surface area contributed by atoms with Crippen LogP contribution in [-0.2, 0) is 11.2 Å². The van der Waals surface area contributed by atoms with E-state index < -0.39 is 0 Å². The Hall–Kier alpha value is -2.73. The van der Waals surface area contributed by atoms with Crippen molar-refractivity contribution in [2.45, 2.75) is 38.1 Å². The molecular weight excluding hydrogens is 379 g/mol. The van der Waals surface area contributed by atoms with E-state index in [1.165, 1.54) is 6.07 Å². The zero-order valence-electron chi connectivity index (χ0n) is 17.7. The Labute approximate surface area is 176 Å². The van der Waals surface area contributed by atoms with E-state index in [0.717, 1.165) is 60.2 Å². The molecule has 3 heterocycles. The number of aryl methyl sites for hydroxylation is 1. The van der Waals surface area contributed by atoms with Gasteiger partial charge in [-0.05, 0) is 81.7 Å². The van der Waals surface area contributed by atoms with Gasteiger partial charge in [0.05, 0.1) is 11.4 Å². The smallest absolute Gasteiger partial charge is 0.222 e. The second kappa shape index (κ2) is 8.96. The van der Waals surface area contributed by atoms with Gasteiger partial charge in [0, 0.05) is 36.6 Å². The number of fused-ring (bicyclic) bond motifs is 1. The molecule has 0 radical (unpaired) electrons. The van der Waals surface area contributed by atoms with Crippen LogP contribution < -0.4 is 0 Å². The summed E-state index contributed by atoms with van der Waals surface area (Å²) in [5.74, 6) is -0.0663. The molecule has 0 saturated carbocycles. The second-order valence-corrected chi connectivity index (χ2v) is 8.28. The second-order valence-electron chi connectivity index (χ2n) is 8.28. The molecule has 6 heteroatoms. The maximum atomic E-state index is 13.9. The highest BCUT2D eigenvalue weighted by atomic mass is 19.1. The van der Waals surface area contributed by atoms with Gasteiger partial charge in [-0.1, -0.05) is 6.07 Å². The lowest BCUT2D eigenvalue weighted by Gasteiger charge is -2.35. The molecule has 30 heavy (non-hydrogen) atoms. The van der Waals surface area contributed by atoms with E-state index in [2.05, 4.69) is 21.9 Å². The number of halogens is 1. The van der Waals surface area contributed by atoms with E-state index in [4.69, 9.17) is 0 Å². The topological polar surface area (TPSA) is 52.2 Å². The Bertz CT molecular complexity index is 1010. The first kappa shape index (κ1) is 20.5. The molecule has 1 aliphatic rings. The molecule has 0 atom stereocenters. The van der Waals surface area contributed by atoms with Gasteiger partial charge in [0.2, 0.25) is 5.91 Å². The Morgan fingerprint density at radius 3 is 2.80 bits per heavy atom. The number of nitrogens with one attached hydrogen (secondary N) is 1. The Balaban J connectivity index is 1.48. The fourth-order valence-electron chi connectivity index (χ4n) is 4.39. The molecule has 0 aliphatic carbocycles. The number of aromatic amines is 1. The number of H-pyrrole nitrogens is 1. The summed E-state index contributed by atoms with van der Waals surface area (Å²) in [6.45, 7) is 2.08. The van der Waals surface area contributed by atoms with E-state index in [1.54, 1.807) is 18.3 Å². The summed E-state index contributed by atoms with van der Waals surface area (Å²) in [6, 6.07) is 10.9. The number of carbonyl (C=O) groups is 1. The van der Waals surface area contributed by atoms with Crippen LogP contribution in [0.25, 0.3) is 22.3 Å². The molecule has 1 aromatic carbocycles. The maximum Gasteiger partial charge on any atom is 0.222 e. The predicted molar refractivity (Wildman–Crippen MR) is 118 cm³/mol. The van der Waals surface area contributed by atoms with E-state index in [0.29, 0.717) is 18.9 Å². The van der Waals surface area contributed by atoms with Gasteiger partial charge in [0.25, 0.3) is 0 Å². The third-order valence-corrected chi connectivity index (χ3v) is 6.24. The number of pyridine rings is 1. The lowest BCUT2D eigenvalue weighted by Crippen LogP contribution is -2.44. The van der Waals surface area contributed by atoms with Crippen LogP contribution in [0.1, 0.15) is 31.2 Å². The molecule has 0 bridgehead atoms. The van der Waals surface area contributed by atoms with Crippen LogP contribution in [0.2, 0.25) is 0 Å². The zero-order valence-corrected chi connectivity index (χ0v) is 17.7. The van der Waals surface area contributed by atoms with Gasteiger partial charge in [-0.3, -0.25) is 9.78 Å². The number of rotatable bonds is 6. The Morgan fingerprint density at radius 1 is 1.27 bits per heavy atom. The maximum absolute atomic E-state index is 13.9. The molecular formula is C24H29FN4O. The first-order valence-corrected chi connectivity index (χ1v) is 10.7. The Kier molecular flexibility index (Phi) is 6.13. The van der Waals surface area contributed by atoms with Crippen LogP contribution in [0.5, 0.6) is 0 Å². The summed E-state index contributed by atoms with van der Waals surface area (Å²) in [4.78, 5) is 24.9. The van der Waals surface area contributed by atoms with Crippen molar-refractivity contribution in [1.29, 1.82) is 0 Å². The third kappa shape index (κ3) is 4.38. The van der Waals surface area contributed by atoms with E-state index in [9.17, 15) is 9.18 Å². The summed E-state index contributed by atoms with van der Waals surface area (Å²) in [5, 5.41) is 0.867. The number of carbonyl (C=O) groups excluding carboxylic acids is 1. The van der Waals surface area contributed by atoms with Gasteiger partial charge < -0.3 is 14.8 Å². The molecule has 1 N–H and O–H groups in total. The lowest BCUT2D eigenvalue weighted by molar-refractivity contribution is -0.132. The summed E-state index contributed by atoms with van der Waals surface area (Å²) in [7, 11) is 4.06. The van der Waals surface area contributed by atoms with Crippen molar-refractivity contribution in [2.24, 2.45) is 0 Å². The zero-order chi connectivity index (χ0) is 21.1. The first-order chi connectivity index (χ1) is 14.5. The number of nitrogens with zero attached hydrogens (tertiary/aromatic N) is 3. The highest BCUT2D eigenvalue weighted by Crippen LogP contribution is 2.31. The fraction of sp³-hybridized carbons (Fsp3) is 0.417. The summed E-state index contributed by atoms with van der Waals surface area (Å²) < 4.78 is 13.9. The van der Waals surface area contributed by atoms with Gasteiger partial charge in [-0.15, -0.1) is 0 Å². The summed E-state index contributed by atoms with van der Waals surface area (Å²) in [6.07, 6.45) is 5.73. The number of hydrogen-bond acceptors (Lipinski definition) is 3. The van der Waals surface area contributed by atoms with Crippen LogP contribution >= 0.6 is 0 Å². The number of amides is 1. The van der Waals surface area contributed by atoms with Crippen LogP contribution in [0.4, 0.5) is 4.39 Å². The quantitative estimate of drug-likeness (QED) is 0.664. The average Bonchev–Trinajstić information content (AvgIpc) is 3.12. The largest absolute Gasteiger partial charge is 0.353 e. The van der Waals surface area contributed by atoms with Crippen LogP contribution in [0.3, 0.4) is 0 Å². The van der Waals surface area contributed by atoms with Gasteiger partial charge in [-0.2, -0.15) is 0 Å². The van der Waals surface area contributed by atoms with Crippen molar-refractivity contribution in [1.82, 2.24) is 19.8 Å². The highest BCUT2D eigenvalue weighted by Gasteiger charge is 2.24. The molecule has 4 rings (SSSR count). The number of benzene rings is 1. The third-order valence-electron chi connectivity index (χ3n) is 6.24. The van der Waals surface area contributed by atoms with E-state index in [1.807, 2.05) is 30.1 Å². The van der Waals surface area contributed by atoms with Crippen LogP contribution in [0, 0.1) is 5.82 Å². The predicted octanol–water partition coefficient (Wildman–Crippen LogP) is 4.24. The monoisotopic (exact) mass is 408 g/mol. The Morgan fingerprint density at radius 2 is 2.07 bits per heavy atom. The van der Waals surface area contributed by atoms with Crippen molar-refractivity contribution in [3.8, 4) is 11.4 Å². The number of hydrogen-bond donors (Lipinski definition) is 1. The first-order valence-electron chi connectivity index (χ1n) is 10.7. The van der Waals surface area contributed by atoms with Crippen LogP contribution in [0.15, 0.2) is 42.6 Å². The molecule has 3 aromatic rings. The molecule has 5 nitrogen and oxygen atoms in total. The molecule has 0 spiro atoms. The van der Waals surface area contributed by atoms with E-state index >= 15 is 0 Å². The van der Waals surface area contributed by atoms with E-state index in [-0.39, 0.29) is 11.7 Å². The van der Waals surface area contributed by atoms with Gasteiger partial charge in [0.15, 0.2) is 0 Å². The van der Waals surface area contributed by atoms with Gasteiger partial charge >= 0.3 is 0 Å². The lowest BCUT2D eigenvalue weighted by atomic mass is 10.0. The van der Waals surface area contributed by atoms with Crippen molar-refractivity contribution >= 4 is 16.8 Å². The molecule has 1 fully saturated rings. The van der Waals surface area contributed by atoms with Gasteiger partial charge in [-0.25, -0.2) is 4.39 Å². The number of aromatic nitrogens is 2. The summed E-state index contributed by atoms with van der Waals surface area (Å²) >= 11 is 0. The SMILES string of the molecule is CN1CCC(N(C)C(=O)CCCc2c(-c3ccccn3)[nH]c3ccc(F)cc23)CC1. The molecule has 1 saturated heterocycles. The number of piperidine rings is 1. The molecule has 0 unspecified atom stereocenters. The molecule has 1 amide bonds. The normalized spacial score (nSPS) is 15.6. The summed E-state index contributed by atoms with van der Waals surface area (Å²) in [5.41, 5.74) is 3.66. The van der Waals surface area contributed by atoms with Crippen molar-refractivity contribution in [2.75, 3.05) is 27.2 Å². The standard InChI is InChI=1S/C24H29FN4O/c1-28-14-11-18(12-15-28)29(2)23(30)8-5-6-19-20-16-17(25)9-10-21(20)27-24(19)22-7-3-4-13-26-22/h3-4,7,9-10,13,16,18,27H,5-6,8,11-12,14-15H2,1-2H3. The van der Waals surface area contributed by atoms with Gasteiger partial charge in [0.1, 0.15) is 5.82 Å². The highest BCUT2D eigenvalue weighted by molar-refractivity contribution is 5.90. The minimum absolute atomic E-state index is 0.190. The van der Waals surface area contributed by atoms with Crippen molar-refractivity contribution in [3.63, 3.8) is 0 Å². The molecule has 2 aromatic heterocycles. The molecule has 158 valence electrons. The van der Waals surface area contributed by atoms with Crippen molar-refractivity contribution < 1.29 is 9.18 Å².